The van der Waals surface area contributed by atoms with Crippen LogP contribution in [0.3, 0.4) is 0 Å². The van der Waals surface area contributed by atoms with Gasteiger partial charge in [-0.2, -0.15) is 0 Å². The smallest absolute Gasteiger partial charge is 0.339 e. The van der Waals surface area contributed by atoms with Crippen LogP contribution in [0.15, 0.2) is 24.3 Å². The van der Waals surface area contributed by atoms with Crippen molar-refractivity contribution in [1.29, 1.82) is 0 Å². The van der Waals surface area contributed by atoms with Crippen molar-refractivity contribution >= 4 is 28.2 Å². The molecule has 1 aromatic carbocycles. The van der Waals surface area contributed by atoms with Crippen molar-refractivity contribution in [2.75, 3.05) is 5.32 Å². The standard InChI is InChI=1S/C19H23N3O3S/c1-19(2)8-7-14-13(9-19)15(18(24)25)17(26-14)22-16(23)12-6-4-3-5-11(12)10-21-20/h3-6,21H,7-10,20H2,1-2H3,(H,22,23)(H,24,25). The van der Waals surface area contributed by atoms with Gasteiger partial charge in [0.2, 0.25) is 0 Å². The lowest BCUT2D eigenvalue weighted by Crippen LogP contribution is -2.24. The number of aryl methyl sites for hydroxylation is 1. The van der Waals surface area contributed by atoms with Crippen molar-refractivity contribution in [1.82, 2.24) is 5.43 Å². The minimum absolute atomic E-state index is 0.0684. The second kappa shape index (κ2) is 7.19. The lowest BCUT2D eigenvalue weighted by atomic mass is 9.76. The molecule has 1 aliphatic carbocycles. The van der Waals surface area contributed by atoms with Crippen molar-refractivity contribution in [3.05, 3.63) is 51.4 Å². The van der Waals surface area contributed by atoms with Crippen LogP contribution in [0, 0.1) is 5.41 Å². The highest BCUT2D eigenvalue weighted by atomic mass is 32.1. The van der Waals surface area contributed by atoms with E-state index < -0.39 is 5.97 Å². The van der Waals surface area contributed by atoms with Crippen LogP contribution >= 0.6 is 11.3 Å². The minimum Gasteiger partial charge on any atom is -0.478 e. The number of hydrogen-bond donors (Lipinski definition) is 4. The Balaban J connectivity index is 1.95. The molecule has 1 aromatic heterocycles. The molecule has 6 nitrogen and oxygen atoms in total. The second-order valence-electron chi connectivity index (χ2n) is 7.35. The van der Waals surface area contributed by atoms with Crippen LogP contribution in [0.5, 0.6) is 0 Å². The number of thiophene rings is 1. The Morgan fingerprint density at radius 3 is 2.73 bits per heavy atom. The van der Waals surface area contributed by atoms with Crippen LogP contribution < -0.4 is 16.6 Å². The quantitative estimate of drug-likeness (QED) is 0.476. The van der Waals surface area contributed by atoms with Gasteiger partial charge in [-0.05, 0) is 41.9 Å². The number of carbonyl (C=O) groups excluding carboxylic acids is 1. The van der Waals surface area contributed by atoms with E-state index in [-0.39, 0.29) is 16.9 Å². The largest absolute Gasteiger partial charge is 0.478 e. The van der Waals surface area contributed by atoms with Gasteiger partial charge in [0.1, 0.15) is 5.00 Å². The normalized spacial score (nSPS) is 15.3. The number of anilines is 1. The van der Waals surface area contributed by atoms with Gasteiger partial charge in [0.05, 0.1) is 5.56 Å². The Bertz CT molecular complexity index is 858. The molecule has 0 spiro atoms. The third-order valence-corrected chi connectivity index (χ3v) is 5.98. The van der Waals surface area contributed by atoms with Crippen LogP contribution in [0.25, 0.3) is 0 Å². The maximum absolute atomic E-state index is 12.8. The molecule has 0 radical (unpaired) electrons. The summed E-state index contributed by atoms with van der Waals surface area (Å²) < 4.78 is 0. The van der Waals surface area contributed by atoms with Crippen LogP contribution in [0.1, 0.15) is 57.0 Å². The van der Waals surface area contributed by atoms with Crippen molar-refractivity contribution < 1.29 is 14.7 Å². The van der Waals surface area contributed by atoms with Crippen LogP contribution in [0.4, 0.5) is 5.00 Å². The average Bonchev–Trinajstić information content (AvgIpc) is 2.91. The molecule has 0 atom stereocenters. The Labute approximate surface area is 156 Å². The number of hydrazine groups is 1. The van der Waals surface area contributed by atoms with Gasteiger partial charge in [-0.3, -0.25) is 16.1 Å². The lowest BCUT2D eigenvalue weighted by molar-refractivity contribution is 0.0696. The predicted molar refractivity (Wildman–Crippen MR) is 103 cm³/mol. The molecular formula is C19H23N3O3S. The summed E-state index contributed by atoms with van der Waals surface area (Å²) in [5.74, 6) is 4.06. The van der Waals surface area contributed by atoms with Gasteiger partial charge < -0.3 is 10.4 Å². The summed E-state index contributed by atoms with van der Waals surface area (Å²) in [7, 11) is 0. The fourth-order valence-corrected chi connectivity index (χ4v) is 4.61. The fourth-order valence-electron chi connectivity index (χ4n) is 3.41. The van der Waals surface area contributed by atoms with E-state index in [4.69, 9.17) is 5.84 Å². The van der Waals surface area contributed by atoms with Gasteiger partial charge in [0.25, 0.3) is 5.91 Å². The summed E-state index contributed by atoms with van der Waals surface area (Å²) in [5.41, 5.74) is 4.96. The second-order valence-corrected chi connectivity index (χ2v) is 8.45. The Morgan fingerprint density at radius 2 is 2.04 bits per heavy atom. The minimum atomic E-state index is -0.993. The first-order valence-corrected chi connectivity index (χ1v) is 9.34. The van der Waals surface area contributed by atoms with Gasteiger partial charge in [0, 0.05) is 17.0 Å². The summed E-state index contributed by atoms with van der Waals surface area (Å²) in [6.45, 7) is 4.64. The molecular weight excluding hydrogens is 350 g/mol. The number of benzene rings is 1. The van der Waals surface area contributed by atoms with E-state index in [9.17, 15) is 14.7 Å². The number of amides is 1. The highest BCUT2D eigenvalue weighted by Gasteiger charge is 2.33. The first-order valence-electron chi connectivity index (χ1n) is 8.53. The van der Waals surface area contributed by atoms with E-state index in [1.807, 2.05) is 12.1 Å². The molecule has 0 saturated heterocycles. The number of nitrogens with one attached hydrogen (secondary N) is 2. The highest BCUT2D eigenvalue weighted by Crippen LogP contribution is 2.43. The molecule has 0 saturated carbocycles. The molecule has 0 unspecified atom stereocenters. The Morgan fingerprint density at radius 1 is 1.31 bits per heavy atom. The molecule has 1 aliphatic rings. The number of aromatic carboxylic acids is 1. The van der Waals surface area contributed by atoms with E-state index in [0.29, 0.717) is 23.5 Å². The highest BCUT2D eigenvalue weighted by molar-refractivity contribution is 7.17. The summed E-state index contributed by atoms with van der Waals surface area (Å²) in [6, 6.07) is 7.13. The number of rotatable bonds is 5. The molecule has 7 heteroatoms. The molecule has 2 aromatic rings. The van der Waals surface area contributed by atoms with Crippen LogP contribution in [-0.2, 0) is 19.4 Å². The molecule has 1 heterocycles. The van der Waals surface area contributed by atoms with Crippen molar-refractivity contribution in [3.63, 3.8) is 0 Å². The zero-order valence-electron chi connectivity index (χ0n) is 14.9. The molecule has 0 aliphatic heterocycles. The van der Waals surface area contributed by atoms with Gasteiger partial charge in [-0.25, -0.2) is 4.79 Å². The molecule has 26 heavy (non-hydrogen) atoms. The van der Waals surface area contributed by atoms with Crippen LogP contribution in [0.2, 0.25) is 0 Å². The molecule has 1 amide bonds. The van der Waals surface area contributed by atoms with E-state index in [0.717, 1.165) is 28.8 Å². The third-order valence-electron chi connectivity index (χ3n) is 4.77. The molecule has 3 rings (SSSR count). The van der Waals surface area contributed by atoms with Gasteiger partial charge in [-0.15, -0.1) is 11.3 Å². The molecule has 5 N–H and O–H groups in total. The molecule has 138 valence electrons. The fraction of sp³-hybridized carbons (Fsp3) is 0.368. The molecule has 0 bridgehead atoms. The zero-order chi connectivity index (χ0) is 18.9. The lowest BCUT2D eigenvalue weighted by Gasteiger charge is -2.29. The van der Waals surface area contributed by atoms with Crippen LogP contribution in [-0.4, -0.2) is 17.0 Å². The number of nitrogens with two attached hydrogens (primary N) is 1. The van der Waals surface area contributed by atoms with Gasteiger partial charge in [-0.1, -0.05) is 32.0 Å². The van der Waals surface area contributed by atoms with E-state index in [1.165, 1.54) is 11.3 Å². The zero-order valence-corrected chi connectivity index (χ0v) is 15.7. The SMILES string of the molecule is CC1(C)CCc2sc(NC(=O)c3ccccc3CNN)c(C(=O)O)c2C1. The number of carboxylic acid groups (broad SMARTS) is 1. The number of carboxylic acids is 1. The first-order chi connectivity index (χ1) is 12.3. The van der Waals surface area contributed by atoms with E-state index >= 15 is 0 Å². The topological polar surface area (TPSA) is 104 Å². The van der Waals surface area contributed by atoms with Crippen molar-refractivity contribution in [2.24, 2.45) is 11.3 Å². The maximum atomic E-state index is 12.8. The van der Waals surface area contributed by atoms with Gasteiger partial charge >= 0.3 is 5.97 Å². The first kappa shape index (κ1) is 18.6. The number of hydrogen-bond acceptors (Lipinski definition) is 5. The Hall–Kier alpha value is -2.22. The number of fused-ring (bicyclic) bond motifs is 1. The summed E-state index contributed by atoms with van der Waals surface area (Å²) in [5, 5.41) is 13.0. The maximum Gasteiger partial charge on any atom is 0.339 e. The predicted octanol–water partition coefficient (Wildman–Crippen LogP) is 3.18. The average molecular weight is 373 g/mol. The van der Waals surface area contributed by atoms with Gasteiger partial charge in [0.15, 0.2) is 0 Å². The monoisotopic (exact) mass is 373 g/mol. The molecule has 0 fully saturated rings. The van der Waals surface area contributed by atoms with E-state index in [1.54, 1.807) is 12.1 Å². The van der Waals surface area contributed by atoms with Crippen molar-refractivity contribution in [2.45, 2.75) is 39.7 Å². The number of carbonyl (C=O) groups is 2. The summed E-state index contributed by atoms with van der Waals surface area (Å²) in [4.78, 5) is 25.7. The van der Waals surface area contributed by atoms with E-state index in [2.05, 4.69) is 24.6 Å². The van der Waals surface area contributed by atoms with Crippen molar-refractivity contribution in [3.8, 4) is 0 Å². The summed E-state index contributed by atoms with van der Waals surface area (Å²) in [6.07, 6.45) is 2.57. The summed E-state index contributed by atoms with van der Waals surface area (Å²) >= 11 is 1.38. The Kier molecular flexibility index (Phi) is 5.13. The third kappa shape index (κ3) is 3.65.